The minimum absolute atomic E-state index is 0.0284. The van der Waals surface area contributed by atoms with E-state index in [9.17, 15) is 16.8 Å². The van der Waals surface area contributed by atoms with Gasteiger partial charge in [-0.1, -0.05) is 6.07 Å². The molecule has 0 spiro atoms. The summed E-state index contributed by atoms with van der Waals surface area (Å²) in [6.45, 7) is 2.66. The van der Waals surface area contributed by atoms with Gasteiger partial charge in [0.05, 0.1) is 27.3 Å². The van der Waals surface area contributed by atoms with Crippen molar-refractivity contribution >= 4 is 42.6 Å². The highest BCUT2D eigenvalue weighted by Gasteiger charge is 2.26. The van der Waals surface area contributed by atoms with E-state index in [0.717, 1.165) is 22.2 Å². The Kier molecular flexibility index (Phi) is 5.91. The molecule has 2 aromatic carbocycles. The molecule has 0 amide bonds. The molecule has 4 aromatic rings. The average Bonchev–Trinajstić information content (AvgIpc) is 2.84. The van der Waals surface area contributed by atoms with Crippen molar-refractivity contribution in [3.05, 3.63) is 78.5 Å². The molecule has 180 valence electrons. The molecule has 2 aromatic heterocycles. The minimum Gasteiger partial charge on any atom is -0.280 e. The van der Waals surface area contributed by atoms with Crippen molar-refractivity contribution in [3.8, 4) is 11.3 Å². The Morgan fingerprint density at radius 2 is 1.80 bits per heavy atom. The second-order valence-electron chi connectivity index (χ2n) is 8.19. The topological polar surface area (TPSA) is 121 Å². The highest BCUT2D eigenvalue weighted by Crippen LogP contribution is 2.28. The Hall–Kier alpha value is -3.54. The maximum Gasteiger partial charge on any atom is 0.301 e. The molecule has 0 bridgehead atoms. The maximum atomic E-state index is 13.0. The Balaban J connectivity index is 1.41. The summed E-state index contributed by atoms with van der Waals surface area (Å²) < 4.78 is 56.9. The summed E-state index contributed by atoms with van der Waals surface area (Å²) in [5.74, 6) is 0. The smallest absolute Gasteiger partial charge is 0.280 e. The van der Waals surface area contributed by atoms with Crippen LogP contribution in [0, 0.1) is 6.92 Å². The summed E-state index contributed by atoms with van der Waals surface area (Å²) >= 11 is 0. The zero-order valence-electron chi connectivity index (χ0n) is 18.8. The van der Waals surface area contributed by atoms with E-state index < -0.39 is 20.2 Å². The first-order chi connectivity index (χ1) is 16.7. The molecule has 1 aliphatic rings. The first kappa shape index (κ1) is 23.2. The summed E-state index contributed by atoms with van der Waals surface area (Å²) in [5, 5.41) is 0. The Labute approximate surface area is 204 Å². The quantitative estimate of drug-likeness (QED) is 0.425. The molecular formula is C24H23N5O4S2. The molecule has 0 aliphatic carbocycles. The van der Waals surface area contributed by atoms with E-state index in [2.05, 4.69) is 19.4 Å². The molecular weight excluding hydrogens is 486 g/mol. The molecule has 1 aliphatic heterocycles. The van der Waals surface area contributed by atoms with Gasteiger partial charge in [0.25, 0.3) is 10.0 Å². The van der Waals surface area contributed by atoms with Gasteiger partial charge in [0.15, 0.2) is 0 Å². The third kappa shape index (κ3) is 4.70. The van der Waals surface area contributed by atoms with E-state index in [0.29, 0.717) is 36.6 Å². The number of anilines is 2. The van der Waals surface area contributed by atoms with E-state index in [1.54, 1.807) is 18.3 Å². The maximum absolute atomic E-state index is 13.0. The van der Waals surface area contributed by atoms with Crippen LogP contribution in [-0.2, 0) is 20.2 Å². The van der Waals surface area contributed by atoms with E-state index in [1.807, 2.05) is 37.3 Å². The van der Waals surface area contributed by atoms with Gasteiger partial charge in [-0.2, -0.15) is 13.1 Å². The zero-order valence-corrected chi connectivity index (χ0v) is 20.5. The predicted octanol–water partition coefficient (Wildman–Crippen LogP) is 3.45. The largest absolute Gasteiger partial charge is 0.301 e. The zero-order chi connectivity index (χ0) is 24.6. The molecule has 3 heterocycles. The summed E-state index contributed by atoms with van der Waals surface area (Å²) in [6, 6.07) is 18.5. The lowest BCUT2D eigenvalue weighted by Gasteiger charge is -2.28. The van der Waals surface area contributed by atoms with Gasteiger partial charge in [-0.15, -0.1) is 0 Å². The summed E-state index contributed by atoms with van der Waals surface area (Å²) in [5.41, 5.74) is 4.79. The van der Waals surface area contributed by atoms with Gasteiger partial charge in [0.1, 0.15) is 0 Å². The number of aryl methyl sites for hydroxylation is 1. The molecule has 0 unspecified atom stereocenters. The van der Waals surface area contributed by atoms with E-state index in [1.165, 1.54) is 28.6 Å². The third-order valence-electron chi connectivity index (χ3n) is 5.77. The summed E-state index contributed by atoms with van der Waals surface area (Å²) in [4.78, 5) is 8.99. The van der Waals surface area contributed by atoms with Gasteiger partial charge in [-0.05, 0) is 79.6 Å². The molecule has 0 radical (unpaired) electrons. The van der Waals surface area contributed by atoms with Gasteiger partial charge in [-0.25, -0.2) is 13.4 Å². The van der Waals surface area contributed by atoms with E-state index in [-0.39, 0.29) is 4.90 Å². The molecule has 0 atom stereocenters. The molecule has 11 heteroatoms. The molecule has 2 N–H and O–H groups in total. The van der Waals surface area contributed by atoms with Gasteiger partial charge >= 0.3 is 10.2 Å². The summed E-state index contributed by atoms with van der Waals surface area (Å²) in [6.07, 6.45) is 2.37. The fourth-order valence-electron chi connectivity index (χ4n) is 3.96. The van der Waals surface area contributed by atoms with Crippen molar-refractivity contribution in [2.24, 2.45) is 0 Å². The van der Waals surface area contributed by atoms with Crippen LogP contribution in [0.15, 0.2) is 77.8 Å². The number of aromatic nitrogens is 2. The minimum atomic E-state index is -3.90. The first-order valence-electron chi connectivity index (χ1n) is 11.0. The van der Waals surface area contributed by atoms with Gasteiger partial charge in [0, 0.05) is 30.5 Å². The van der Waals surface area contributed by atoms with Gasteiger partial charge in [0.2, 0.25) is 0 Å². The van der Waals surface area contributed by atoms with Crippen LogP contribution in [0.1, 0.15) is 12.0 Å². The molecule has 1 fully saturated rings. The van der Waals surface area contributed by atoms with Crippen LogP contribution in [0.25, 0.3) is 22.3 Å². The van der Waals surface area contributed by atoms with Crippen LogP contribution in [0.5, 0.6) is 0 Å². The number of pyridine rings is 2. The second kappa shape index (κ2) is 8.91. The van der Waals surface area contributed by atoms with Gasteiger partial charge < -0.3 is 0 Å². The van der Waals surface area contributed by atoms with Crippen molar-refractivity contribution in [2.45, 2.75) is 18.2 Å². The molecule has 5 rings (SSSR count). The normalized spacial score (nSPS) is 15.7. The molecule has 35 heavy (non-hydrogen) atoms. The van der Waals surface area contributed by atoms with Gasteiger partial charge in [-0.3, -0.25) is 14.0 Å². The van der Waals surface area contributed by atoms with Crippen LogP contribution in [0.2, 0.25) is 0 Å². The lowest BCUT2D eigenvalue weighted by atomic mass is 10.0. The van der Waals surface area contributed by atoms with Crippen molar-refractivity contribution in [1.29, 1.82) is 0 Å². The van der Waals surface area contributed by atoms with Crippen molar-refractivity contribution in [1.82, 2.24) is 14.7 Å². The Morgan fingerprint density at radius 3 is 2.57 bits per heavy atom. The number of nitrogens with one attached hydrogen (secondary N) is 2. The Morgan fingerprint density at radius 1 is 1.00 bits per heavy atom. The van der Waals surface area contributed by atoms with Crippen LogP contribution in [0.4, 0.5) is 11.4 Å². The molecule has 9 nitrogen and oxygen atoms in total. The first-order valence-corrected chi connectivity index (χ1v) is 13.9. The van der Waals surface area contributed by atoms with Crippen LogP contribution >= 0.6 is 0 Å². The summed E-state index contributed by atoms with van der Waals surface area (Å²) in [7, 11) is -7.51. The predicted molar refractivity (Wildman–Crippen MR) is 136 cm³/mol. The SMILES string of the molecule is Cc1ccc(NS(=O)(=O)c2ccc(N3CCCNS3(=O)=O)cc2)cc1-c1ccc2ncccc2n1. The number of rotatable bonds is 5. The fraction of sp³-hybridized carbons (Fsp3) is 0.167. The lowest BCUT2D eigenvalue weighted by molar-refractivity contribution is 0.560. The van der Waals surface area contributed by atoms with Crippen molar-refractivity contribution in [3.63, 3.8) is 0 Å². The van der Waals surface area contributed by atoms with E-state index in [4.69, 9.17) is 0 Å². The van der Waals surface area contributed by atoms with E-state index >= 15 is 0 Å². The number of benzene rings is 2. The molecule has 0 saturated carbocycles. The third-order valence-corrected chi connectivity index (χ3v) is 8.71. The van der Waals surface area contributed by atoms with Crippen LogP contribution in [-0.4, -0.2) is 39.9 Å². The van der Waals surface area contributed by atoms with Crippen molar-refractivity contribution in [2.75, 3.05) is 22.1 Å². The molecule has 1 saturated heterocycles. The number of sulfonamides is 1. The van der Waals surface area contributed by atoms with Crippen LogP contribution in [0.3, 0.4) is 0 Å². The number of hydrogen-bond acceptors (Lipinski definition) is 6. The highest BCUT2D eigenvalue weighted by atomic mass is 32.2. The lowest BCUT2D eigenvalue weighted by Crippen LogP contribution is -2.47. The number of nitrogens with zero attached hydrogens (tertiary/aromatic N) is 3. The highest BCUT2D eigenvalue weighted by molar-refractivity contribution is 7.92. The standard InChI is InChI=1S/C24H23N5O4S2/c1-17-5-6-18(16-21(17)22-11-12-23-24(27-22)4-2-13-25-23)28-34(30,31)20-9-7-19(8-10-20)29-15-3-14-26-35(29,32)33/h2,4-13,16,26,28H,3,14-15H2,1H3. The number of hydrogen-bond donors (Lipinski definition) is 2. The van der Waals surface area contributed by atoms with Crippen LogP contribution < -0.4 is 13.7 Å². The number of fused-ring (bicyclic) bond motifs is 1. The van der Waals surface area contributed by atoms with Crippen molar-refractivity contribution < 1.29 is 16.8 Å². The average molecular weight is 510 g/mol. The second-order valence-corrected chi connectivity index (χ2v) is 11.6. The fourth-order valence-corrected chi connectivity index (χ4v) is 6.34. The Bertz CT molecular complexity index is 1620. The monoisotopic (exact) mass is 509 g/mol.